The molecule has 0 saturated carbocycles. The molecule has 4 heterocycles. The molecule has 0 bridgehead atoms. The SMILES string of the molecule is C=C(Nc1ccc(-c2ccnc(Nc3ccc(N4CCN(C(=C)[C@H]5CCCN5)CC4)cc3)n2)cc1)[C@H]1CCCN1. The fraction of sp³-hybridized carbons (Fsp3) is 0.375. The number of anilines is 4. The maximum Gasteiger partial charge on any atom is 0.227 e. The number of rotatable bonds is 9. The Kier molecular flexibility index (Phi) is 7.97. The summed E-state index contributed by atoms with van der Waals surface area (Å²) in [7, 11) is 0. The highest BCUT2D eigenvalue weighted by atomic mass is 15.3. The van der Waals surface area contributed by atoms with Gasteiger partial charge in [0.25, 0.3) is 0 Å². The first kappa shape index (κ1) is 26.3. The molecular weight excluding hydrogens is 496 g/mol. The molecule has 3 fully saturated rings. The highest BCUT2D eigenvalue weighted by molar-refractivity contribution is 5.66. The third kappa shape index (κ3) is 6.13. The molecule has 40 heavy (non-hydrogen) atoms. The molecule has 208 valence electrons. The van der Waals surface area contributed by atoms with Crippen LogP contribution in [0.15, 0.2) is 85.3 Å². The van der Waals surface area contributed by atoms with Gasteiger partial charge in [-0.05, 0) is 81.2 Å². The largest absolute Gasteiger partial charge is 0.370 e. The van der Waals surface area contributed by atoms with Crippen LogP contribution in [0.2, 0.25) is 0 Å². The zero-order valence-electron chi connectivity index (χ0n) is 23.2. The Labute approximate surface area is 237 Å². The summed E-state index contributed by atoms with van der Waals surface area (Å²) >= 11 is 0. The molecule has 2 aromatic carbocycles. The lowest BCUT2D eigenvalue weighted by Crippen LogP contribution is -2.48. The van der Waals surface area contributed by atoms with Gasteiger partial charge < -0.3 is 31.1 Å². The minimum Gasteiger partial charge on any atom is -0.370 e. The van der Waals surface area contributed by atoms with Crippen molar-refractivity contribution in [1.29, 1.82) is 0 Å². The summed E-state index contributed by atoms with van der Waals surface area (Å²) in [4.78, 5) is 14.1. The van der Waals surface area contributed by atoms with Crippen molar-refractivity contribution in [2.75, 3.05) is 54.8 Å². The molecule has 0 aliphatic carbocycles. The highest BCUT2D eigenvalue weighted by Crippen LogP contribution is 2.26. The summed E-state index contributed by atoms with van der Waals surface area (Å²) in [5.74, 6) is 0.584. The topological polar surface area (TPSA) is 80.4 Å². The van der Waals surface area contributed by atoms with E-state index in [9.17, 15) is 0 Å². The number of piperazine rings is 1. The van der Waals surface area contributed by atoms with Crippen molar-refractivity contribution in [3.05, 3.63) is 85.3 Å². The van der Waals surface area contributed by atoms with Crippen LogP contribution in [0.5, 0.6) is 0 Å². The van der Waals surface area contributed by atoms with Crippen molar-refractivity contribution < 1.29 is 0 Å². The first-order valence-electron chi connectivity index (χ1n) is 14.5. The predicted octanol–water partition coefficient (Wildman–Crippen LogP) is 4.95. The fourth-order valence-corrected chi connectivity index (χ4v) is 5.88. The number of nitrogens with zero attached hydrogens (tertiary/aromatic N) is 4. The van der Waals surface area contributed by atoms with Crippen molar-refractivity contribution in [3.63, 3.8) is 0 Å². The number of nitrogens with one attached hydrogen (secondary N) is 4. The van der Waals surface area contributed by atoms with Gasteiger partial charge in [0.15, 0.2) is 0 Å². The van der Waals surface area contributed by atoms with Crippen LogP contribution in [0.1, 0.15) is 25.7 Å². The van der Waals surface area contributed by atoms with Gasteiger partial charge in [-0.15, -0.1) is 0 Å². The van der Waals surface area contributed by atoms with E-state index in [-0.39, 0.29) is 0 Å². The monoisotopic (exact) mass is 536 g/mol. The summed E-state index contributed by atoms with van der Waals surface area (Å²) in [5, 5.41) is 13.9. The molecule has 3 aliphatic rings. The maximum absolute atomic E-state index is 4.76. The van der Waals surface area contributed by atoms with Crippen LogP contribution in [0.4, 0.5) is 23.0 Å². The van der Waals surface area contributed by atoms with E-state index in [4.69, 9.17) is 4.98 Å². The fourth-order valence-electron chi connectivity index (χ4n) is 5.88. The second-order valence-corrected chi connectivity index (χ2v) is 10.9. The van der Waals surface area contributed by atoms with Crippen LogP contribution >= 0.6 is 0 Å². The molecule has 1 aromatic heterocycles. The molecule has 2 atom stereocenters. The van der Waals surface area contributed by atoms with Crippen LogP contribution in [0, 0.1) is 0 Å². The molecule has 3 aromatic rings. The van der Waals surface area contributed by atoms with Crippen molar-refractivity contribution >= 4 is 23.0 Å². The Balaban J connectivity index is 1.03. The van der Waals surface area contributed by atoms with Gasteiger partial charge >= 0.3 is 0 Å². The second kappa shape index (κ2) is 12.1. The van der Waals surface area contributed by atoms with Crippen LogP contribution in [-0.2, 0) is 0 Å². The van der Waals surface area contributed by atoms with E-state index in [0.717, 1.165) is 74.0 Å². The number of benzene rings is 2. The molecule has 6 rings (SSSR count). The lowest BCUT2D eigenvalue weighted by molar-refractivity contribution is 0.298. The normalized spacial score (nSPS) is 20.9. The third-order valence-corrected chi connectivity index (χ3v) is 8.26. The molecular formula is C32H40N8. The molecule has 8 nitrogen and oxygen atoms in total. The van der Waals surface area contributed by atoms with E-state index < -0.39 is 0 Å². The van der Waals surface area contributed by atoms with E-state index in [1.807, 2.05) is 6.07 Å². The van der Waals surface area contributed by atoms with Gasteiger partial charge in [0.2, 0.25) is 5.95 Å². The zero-order chi connectivity index (χ0) is 27.3. The highest BCUT2D eigenvalue weighted by Gasteiger charge is 2.25. The average molecular weight is 537 g/mol. The Bertz CT molecular complexity index is 1300. The zero-order valence-corrected chi connectivity index (χ0v) is 23.2. The van der Waals surface area contributed by atoms with E-state index in [2.05, 4.69) is 97.7 Å². The summed E-state index contributed by atoms with van der Waals surface area (Å²) in [6, 6.07) is 19.6. The third-order valence-electron chi connectivity index (χ3n) is 8.26. The predicted molar refractivity (Wildman–Crippen MR) is 165 cm³/mol. The molecule has 8 heteroatoms. The molecule has 3 aliphatic heterocycles. The first-order valence-corrected chi connectivity index (χ1v) is 14.5. The summed E-state index contributed by atoms with van der Waals surface area (Å²) in [6.45, 7) is 14.8. The lowest BCUT2D eigenvalue weighted by atomic mass is 10.1. The van der Waals surface area contributed by atoms with Crippen LogP contribution in [-0.4, -0.2) is 66.2 Å². The van der Waals surface area contributed by atoms with Crippen LogP contribution in [0.25, 0.3) is 11.3 Å². The Morgan fingerprint density at radius 1 is 0.800 bits per heavy atom. The van der Waals surface area contributed by atoms with Crippen molar-refractivity contribution in [3.8, 4) is 11.3 Å². The van der Waals surface area contributed by atoms with E-state index in [1.54, 1.807) is 6.20 Å². The molecule has 4 N–H and O–H groups in total. The Morgan fingerprint density at radius 2 is 1.48 bits per heavy atom. The maximum atomic E-state index is 4.76. The van der Waals surface area contributed by atoms with Crippen LogP contribution in [0.3, 0.4) is 0 Å². The lowest BCUT2D eigenvalue weighted by Gasteiger charge is -2.39. The molecule has 0 spiro atoms. The van der Waals surface area contributed by atoms with Gasteiger partial charge in [0.05, 0.1) is 5.69 Å². The number of hydrogen-bond acceptors (Lipinski definition) is 8. The van der Waals surface area contributed by atoms with E-state index in [0.29, 0.717) is 18.0 Å². The van der Waals surface area contributed by atoms with Crippen LogP contribution < -0.4 is 26.2 Å². The van der Waals surface area contributed by atoms with E-state index >= 15 is 0 Å². The molecule has 0 amide bonds. The van der Waals surface area contributed by atoms with Gasteiger partial charge in [0, 0.05) is 78.5 Å². The van der Waals surface area contributed by atoms with Crippen molar-refractivity contribution in [1.82, 2.24) is 25.5 Å². The Morgan fingerprint density at radius 3 is 2.15 bits per heavy atom. The van der Waals surface area contributed by atoms with Crippen molar-refractivity contribution in [2.24, 2.45) is 0 Å². The smallest absolute Gasteiger partial charge is 0.227 e. The van der Waals surface area contributed by atoms with Gasteiger partial charge in [-0.1, -0.05) is 25.3 Å². The number of hydrogen-bond donors (Lipinski definition) is 4. The summed E-state index contributed by atoms with van der Waals surface area (Å²) < 4.78 is 0. The Hall–Kier alpha value is -3.88. The standard InChI is InChI=1S/C32H40N8/c1-23(29-5-3-16-33-29)36-26-9-7-25(8-10-26)31-15-18-35-32(38-31)37-27-11-13-28(14-12-27)40-21-19-39(20-22-40)24(2)30-6-4-17-34-30/h7-15,18,29-30,33-34,36H,1-6,16-17,19-22H2,(H,35,37,38)/t29-,30-/m1/s1. The quantitative estimate of drug-likeness (QED) is 0.306. The summed E-state index contributed by atoms with van der Waals surface area (Å²) in [5.41, 5.74) is 7.45. The first-order chi connectivity index (χ1) is 19.6. The second-order valence-electron chi connectivity index (χ2n) is 10.9. The van der Waals surface area contributed by atoms with Crippen molar-refractivity contribution in [2.45, 2.75) is 37.8 Å². The van der Waals surface area contributed by atoms with Gasteiger partial charge in [-0.2, -0.15) is 0 Å². The minimum absolute atomic E-state index is 0.346. The minimum atomic E-state index is 0.346. The summed E-state index contributed by atoms with van der Waals surface area (Å²) in [6.07, 6.45) is 6.59. The van der Waals surface area contributed by atoms with Gasteiger partial charge in [-0.3, -0.25) is 0 Å². The molecule has 3 saturated heterocycles. The molecule has 0 unspecified atom stereocenters. The van der Waals surface area contributed by atoms with E-state index in [1.165, 1.54) is 30.6 Å². The van der Waals surface area contributed by atoms with Gasteiger partial charge in [0.1, 0.15) is 0 Å². The number of aromatic nitrogens is 2. The average Bonchev–Trinajstić information content (AvgIpc) is 3.74. The van der Waals surface area contributed by atoms with Gasteiger partial charge in [-0.25, -0.2) is 9.97 Å². The molecule has 0 radical (unpaired) electrons.